The van der Waals surface area contributed by atoms with Crippen LogP contribution in [-0.4, -0.2) is 45.3 Å². The molecule has 2 aromatic carbocycles. The van der Waals surface area contributed by atoms with Crippen LogP contribution >= 0.6 is 0 Å². The molecule has 39 heavy (non-hydrogen) atoms. The molecule has 0 spiro atoms. The molecule has 1 aliphatic rings. The Kier molecular flexibility index (Phi) is 9.41. The fourth-order valence-corrected chi connectivity index (χ4v) is 5.76. The topological polar surface area (TPSA) is 82.9 Å². The minimum atomic E-state index is -0.775. The van der Waals surface area contributed by atoms with Crippen molar-refractivity contribution in [3.05, 3.63) is 82.5 Å². The number of carbonyl (C=O) groups is 1. The molecule has 6 nitrogen and oxygen atoms in total. The minimum Gasteiger partial charge on any atom is -0.481 e. The number of nitrogens with zero attached hydrogens (tertiary/aromatic N) is 2. The number of aryl methyl sites for hydroxylation is 2. The van der Waals surface area contributed by atoms with Gasteiger partial charge in [-0.2, -0.15) is 0 Å². The second-order valence-corrected chi connectivity index (χ2v) is 11.2. The predicted molar refractivity (Wildman–Crippen MR) is 155 cm³/mol. The molecule has 2 heterocycles. The van der Waals surface area contributed by atoms with Crippen molar-refractivity contribution in [3.8, 4) is 17.0 Å². The van der Waals surface area contributed by atoms with Gasteiger partial charge in [0, 0.05) is 30.9 Å². The van der Waals surface area contributed by atoms with Gasteiger partial charge in [-0.25, -0.2) is 4.98 Å². The Morgan fingerprint density at radius 3 is 2.44 bits per heavy atom. The van der Waals surface area contributed by atoms with Crippen LogP contribution in [0.3, 0.4) is 0 Å². The van der Waals surface area contributed by atoms with Gasteiger partial charge in [-0.3, -0.25) is 9.69 Å². The number of hydrogen-bond donors (Lipinski definition) is 2. The molecule has 0 radical (unpaired) electrons. The number of aromatic nitrogens is 1. The third-order valence-electron chi connectivity index (χ3n) is 8.32. The quantitative estimate of drug-likeness (QED) is 0.300. The Balaban J connectivity index is 1.55. The number of carboxylic acid groups (broad SMARTS) is 1. The van der Waals surface area contributed by atoms with Crippen molar-refractivity contribution in [2.45, 2.75) is 84.5 Å². The molecular weight excluding hydrogens is 488 g/mol. The van der Waals surface area contributed by atoms with Crippen molar-refractivity contribution >= 4 is 5.97 Å². The average molecular weight is 531 g/mol. The van der Waals surface area contributed by atoms with E-state index in [0.29, 0.717) is 30.8 Å². The molecule has 4 atom stereocenters. The van der Waals surface area contributed by atoms with E-state index >= 15 is 0 Å². The van der Waals surface area contributed by atoms with Crippen LogP contribution in [-0.2, 0) is 24.2 Å². The molecule has 1 aromatic heterocycles. The van der Waals surface area contributed by atoms with Crippen LogP contribution in [0.1, 0.15) is 74.0 Å². The number of pyridine rings is 1. The lowest BCUT2D eigenvalue weighted by atomic mass is 9.91. The lowest BCUT2D eigenvalue weighted by Crippen LogP contribution is -2.32. The number of ether oxygens (including phenoxy) is 1. The van der Waals surface area contributed by atoms with Gasteiger partial charge in [0.25, 0.3) is 0 Å². The highest BCUT2D eigenvalue weighted by atomic mass is 16.5. The molecule has 1 saturated heterocycles. The van der Waals surface area contributed by atoms with E-state index < -0.39 is 18.0 Å². The highest BCUT2D eigenvalue weighted by Crippen LogP contribution is 2.33. The second-order valence-electron chi connectivity index (χ2n) is 11.2. The number of benzene rings is 2. The molecule has 0 aliphatic carbocycles. The molecule has 4 rings (SSSR count). The maximum atomic E-state index is 11.4. The third-order valence-corrected chi connectivity index (χ3v) is 8.32. The number of aliphatic hydroxyl groups is 1. The van der Waals surface area contributed by atoms with Gasteiger partial charge in [-0.15, -0.1) is 0 Å². The van der Waals surface area contributed by atoms with Crippen LogP contribution in [0.5, 0.6) is 5.88 Å². The van der Waals surface area contributed by atoms with Gasteiger partial charge in [-0.1, -0.05) is 37.3 Å². The smallest absolute Gasteiger partial charge is 0.306 e. The first-order valence-electron chi connectivity index (χ1n) is 14.0. The van der Waals surface area contributed by atoms with E-state index in [4.69, 9.17) is 4.74 Å². The van der Waals surface area contributed by atoms with Gasteiger partial charge < -0.3 is 14.9 Å². The molecule has 0 bridgehead atoms. The zero-order chi connectivity index (χ0) is 28.1. The van der Waals surface area contributed by atoms with Crippen LogP contribution in [0.4, 0.5) is 0 Å². The minimum absolute atomic E-state index is 0.409. The summed E-state index contributed by atoms with van der Waals surface area (Å²) in [6, 6.07) is 17.5. The van der Waals surface area contributed by atoms with Gasteiger partial charge in [0.05, 0.1) is 19.1 Å². The van der Waals surface area contributed by atoms with Crippen molar-refractivity contribution < 1.29 is 19.7 Å². The summed E-state index contributed by atoms with van der Waals surface area (Å²) in [6.45, 7) is 9.19. The Morgan fingerprint density at radius 1 is 1.05 bits per heavy atom. The van der Waals surface area contributed by atoms with Crippen LogP contribution in [0.25, 0.3) is 11.1 Å². The standard InChI is InChI=1S/C33H42N2O4/c1-21-16-25(17-22(2)33(37)38)8-9-26(21)11-13-31(36)30-12-10-27(28-14-15-34-32(19-28)39-5)18-29(30)20-35-23(3)6-7-24(35)4/h8-10,12,14-16,18-19,22-24,31,36H,6-7,11,13,17,20H2,1-5H3,(H,37,38). The number of methoxy groups -OCH3 is 1. The summed E-state index contributed by atoms with van der Waals surface area (Å²) >= 11 is 0. The molecule has 6 heteroatoms. The fourth-order valence-electron chi connectivity index (χ4n) is 5.76. The normalized spacial score (nSPS) is 19.1. The van der Waals surface area contributed by atoms with Gasteiger partial charge in [0.2, 0.25) is 5.88 Å². The van der Waals surface area contributed by atoms with Gasteiger partial charge >= 0.3 is 5.97 Å². The average Bonchev–Trinajstić information content (AvgIpc) is 3.24. The first-order valence-corrected chi connectivity index (χ1v) is 14.0. The summed E-state index contributed by atoms with van der Waals surface area (Å²) < 4.78 is 5.34. The number of aliphatic hydroxyl groups excluding tert-OH is 1. The molecule has 1 aliphatic heterocycles. The molecule has 3 aromatic rings. The molecular formula is C33H42N2O4. The number of aliphatic carboxylic acids is 1. The van der Waals surface area contributed by atoms with Gasteiger partial charge in [0.15, 0.2) is 0 Å². The number of carboxylic acids is 1. The maximum Gasteiger partial charge on any atom is 0.306 e. The number of likely N-dealkylation sites (tertiary alicyclic amines) is 1. The van der Waals surface area contributed by atoms with E-state index in [1.165, 1.54) is 18.4 Å². The second kappa shape index (κ2) is 12.8. The molecule has 0 amide bonds. The van der Waals surface area contributed by atoms with Gasteiger partial charge in [0.1, 0.15) is 0 Å². The van der Waals surface area contributed by atoms with Crippen molar-refractivity contribution in [1.29, 1.82) is 0 Å². The Hall–Kier alpha value is -3.22. The van der Waals surface area contributed by atoms with E-state index in [1.54, 1.807) is 20.2 Å². The molecule has 1 fully saturated rings. The van der Waals surface area contributed by atoms with Crippen LogP contribution in [0.15, 0.2) is 54.7 Å². The van der Waals surface area contributed by atoms with Crippen LogP contribution in [0, 0.1) is 12.8 Å². The van der Waals surface area contributed by atoms with Crippen LogP contribution in [0.2, 0.25) is 0 Å². The van der Waals surface area contributed by atoms with E-state index in [-0.39, 0.29) is 0 Å². The summed E-state index contributed by atoms with van der Waals surface area (Å²) in [5.41, 5.74) is 7.62. The predicted octanol–water partition coefficient (Wildman–Crippen LogP) is 6.37. The zero-order valence-corrected chi connectivity index (χ0v) is 23.9. The number of rotatable bonds is 11. The maximum absolute atomic E-state index is 11.4. The third kappa shape index (κ3) is 7.06. The Morgan fingerprint density at radius 2 is 1.77 bits per heavy atom. The Labute approximate surface area is 232 Å². The lowest BCUT2D eigenvalue weighted by Gasteiger charge is -2.28. The van der Waals surface area contributed by atoms with E-state index in [1.807, 2.05) is 18.2 Å². The lowest BCUT2D eigenvalue weighted by molar-refractivity contribution is -0.141. The summed E-state index contributed by atoms with van der Waals surface area (Å²) in [5.74, 6) is -0.603. The zero-order valence-electron chi connectivity index (χ0n) is 23.9. The molecule has 208 valence electrons. The highest BCUT2D eigenvalue weighted by Gasteiger charge is 2.28. The van der Waals surface area contributed by atoms with E-state index in [9.17, 15) is 15.0 Å². The van der Waals surface area contributed by atoms with Crippen LogP contribution < -0.4 is 4.74 Å². The number of hydrogen-bond acceptors (Lipinski definition) is 5. The monoisotopic (exact) mass is 530 g/mol. The largest absolute Gasteiger partial charge is 0.481 e. The Bertz CT molecular complexity index is 1280. The molecule has 2 N–H and O–H groups in total. The van der Waals surface area contributed by atoms with Crippen molar-refractivity contribution in [1.82, 2.24) is 9.88 Å². The first-order chi connectivity index (χ1) is 18.7. The summed E-state index contributed by atoms with van der Waals surface area (Å²) in [7, 11) is 1.62. The summed E-state index contributed by atoms with van der Waals surface area (Å²) in [4.78, 5) is 18.0. The van der Waals surface area contributed by atoms with Crippen molar-refractivity contribution in [2.24, 2.45) is 5.92 Å². The van der Waals surface area contributed by atoms with Crippen molar-refractivity contribution in [3.63, 3.8) is 0 Å². The summed E-state index contributed by atoms with van der Waals surface area (Å²) in [5, 5.41) is 20.7. The van der Waals surface area contributed by atoms with E-state index in [0.717, 1.165) is 46.3 Å². The SMILES string of the molecule is COc1cc(-c2ccc(C(O)CCc3ccc(CC(C)C(=O)O)cc3C)c(CN3C(C)CCC3C)c2)ccn1. The van der Waals surface area contributed by atoms with Crippen molar-refractivity contribution in [2.75, 3.05) is 7.11 Å². The summed E-state index contributed by atoms with van der Waals surface area (Å²) in [6.07, 6.45) is 5.46. The van der Waals surface area contributed by atoms with Gasteiger partial charge in [-0.05, 0) is 104 Å². The first kappa shape index (κ1) is 28.8. The van der Waals surface area contributed by atoms with E-state index in [2.05, 4.69) is 61.0 Å². The molecule has 4 unspecified atom stereocenters. The fraction of sp³-hybridized carbons (Fsp3) is 0.455. The highest BCUT2D eigenvalue weighted by molar-refractivity contribution is 5.70. The molecule has 0 saturated carbocycles.